The predicted molar refractivity (Wildman–Crippen MR) is 97.4 cm³/mol. The largest absolute Gasteiger partial charge is 0.497 e. The molecule has 0 aromatic heterocycles. The molecule has 2 aromatic carbocycles. The van der Waals surface area contributed by atoms with Gasteiger partial charge >= 0.3 is 5.97 Å². The molecule has 0 fully saturated rings. The molecule has 1 amide bonds. The van der Waals surface area contributed by atoms with Gasteiger partial charge in [0.2, 0.25) is 0 Å². The maximum atomic E-state index is 12.1. The third kappa shape index (κ3) is 5.80. The molecule has 0 heterocycles. The van der Waals surface area contributed by atoms with E-state index in [1.165, 1.54) is 13.0 Å². The molecule has 0 radical (unpaired) electrons. The van der Waals surface area contributed by atoms with Crippen LogP contribution in [0.1, 0.15) is 18.1 Å². The number of methoxy groups -OCH3 is 1. The van der Waals surface area contributed by atoms with E-state index in [2.05, 4.69) is 5.32 Å². The van der Waals surface area contributed by atoms with E-state index in [-0.39, 0.29) is 5.91 Å². The van der Waals surface area contributed by atoms with E-state index in [1.807, 2.05) is 37.3 Å². The van der Waals surface area contributed by atoms with Gasteiger partial charge < -0.3 is 14.8 Å². The van der Waals surface area contributed by atoms with Gasteiger partial charge in [-0.15, -0.1) is 0 Å². The standard InChI is InChI=1S/C20H21NO4/c1-14-5-4-6-17(13-14)21-20(23)15(2)25-19(22)12-9-16-7-10-18(24-3)11-8-16/h4-13,15H,1-3H3,(H,21,23)/b12-9+/t15-/m0/s1. The molecule has 0 bridgehead atoms. The fourth-order valence-electron chi connectivity index (χ4n) is 2.11. The Balaban J connectivity index is 1.87. The van der Waals surface area contributed by atoms with Crippen LogP contribution >= 0.6 is 0 Å². The van der Waals surface area contributed by atoms with E-state index in [9.17, 15) is 9.59 Å². The lowest BCUT2D eigenvalue weighted by Crippen LogP contribution is -2.29. The van der Waals surface area contributed by atoms with Gasteiger partial charge in [-0.25, -0.2) is 4.79 Å². The van der Waals surface area contributed by atoms with E-state index in [1.54, 1.807) is 31.4 Å². The number of carbonyl (C=O) groups excluding carboxylic acids is 2. The number of carbonyl (C=O) groups is 2. The van der Waals surface area contributed by atoms with E-state index < -0.39 is 12.1 Å². The molecule has 0 saturated carbocycles. The first kappa shape index (κ1) is 18.3. The number of anilines is 1. The third-order valence-electron chi connectivity index (χ3n) is 3.48. The summed E-state index contributed by atoms with van der Waals surface area (Å²) < 4.78 is 10.2. The van der Waals surface area contributed by atoms with Crippen molar-refractivity contribution in [2.75, 3.05) is 12.4 Å². The van der Waals surface area contributed by atoms with Crippen molar-refractivity contribution in [3.8, 4) is 5.75 Å². The molecule has 0 aliphatic rings. The second kappa shape index (κ2) is 8.68. The second-order valence-corrected chi connectivity index (χ2v) is 5.54. The molecule has 5 nitrogen and oxygen atoms in total. The minimum Gasteiger partial charge on any atom is -0.497 e. The van der Waals surface area contributed by atoms with Crippen LogP contribution in [0.15, 0.2) is 54.6 Å². The van der Waals surface area contributed by atoms with Gasteiger partial charge in [0, 0.05) is 11.8 Å². The van der Waals surface area contributed by atoms with Crippen molar-refractivity contribution < 1.29 is 19.1 Å². The lowest BCUT2D eigenvalue weighted by molar-refractivity contribution is -0.148. The Morgan fingerprint density at radius 1 is 1.12 bits per heavy atom. The Morgan fingerprint density at radius 2 is 1.84 bits per heavy atom. The molecule has 1 atom stereocenters. The van der Waals surface area contributed by atoms with E-state index >= 15 is 0 Å². The molecule has 0 aliphatic carbocycles. The van der Waals surface area contributed by atoms with Crippen LogP contribution in [-0.2, 0) is 14.3 Å². The fourth-order valence-corrected chi connectivity index (χ4v) is 2.11. The van der Waals surface area contributed by atoms with Crippen molar-refractivity contribution in [2.24, 2.45) is 0 Å². The smallest absolute Gasteiger partial charge is 0.331 e. The summed E-state index contributed by atoms with van der Waals surface area (Å²) in [5, 5.41) is 2.72. The third-order valence-corrected chi connectivity index (χ3v) is 3.48. The minimum atomic E-state index is -0.895. The van der Waals surface area contributed by atoms with Crippen LogP contribution in [0.25, 0.3) is 6.08 Å². The molecule has 0 aliphatic heterocycles. The number of rotatable bonds is 6. The zero-order valence-corrected chi connectivity index (χ0v) is 14.5. The lowest BCUT2D eigenvalue weighted by atomic mass is 10.2. The molecule has 0 unspecified atom stereocenters. The Labute approximate surface area is 147 Å². The van der Waals surface area contributed by atoms with Gasteiger partial charge in [-0.1, -0.05) is 24.3 Å². The van der Waals surface area contributed by atoms with Gasteiger partial charge in [-0.05, 0) is 55.3 Å². The Bertz CT molecular complexity index is 766. The van der Waals surface area contributed by atoms with Crippen molar-refractivity contribution in [1.29, 1.82) is 0 Å². The summed E-state index contributed by atoms with van der Waals surface area (Å²) in [7, 11) is 1.59. The highest BCUT2D eigenvalue weighted by Gasteiger charge is 2.16. The van der Waals surface area contributed by atoms with Gasteiger partial charge in [-0.2, -0.15) is 0 Å². The molecular weight excluding hydrogens is 318 g/mol. The molecule has 25 heavy (non-hydrogen) atoms. The summed E-state index contributed by atoms with van der Waals surface area (Å²) in [6, 6.07) is 14.6. The van der Waals surface area contributed by atoms with Crippen molar-refractivity contribution >= 4 is 23.6 Å². The van der Waals surface area contributed by atoms with Crippen LogP contribution in [-0.4, -0.2) is 25.1 Å². The molecule has 5 heteroatoms. The number of aryl methyl sites for hydroxylation is 1. The maximum absolute atomic E-state index is 12.1. The molecular formula is C20H21NO4. The summed E-state index contributed by atoms with van der Waals surface area (Å²) in [6.45, 7) is 3.47. The van der Waals surface area contributed by atoms with Crippen LogP contribution in [0.5, 0.6) is 5.75 Å². The van der Waals surface area contributed by atoms with Crippen LogP contribution in [0.3, 0.4) is 0 Å². The monoisotopic (exact) mass is 339 g/mol. The average molecular weight is 339 g/mol. The molecule has 2 rings (SSSR count). The van der Waals surface area contributed by atoms with Crippen LogP contribution in [0, 0.1) is 6.92 Å². The van der Waals surface area contributed by atoms with Crippen molar-refractivity contribution in [1.82, 2.24) is 0 Å². The second-order valence-electron chi connectivity index (χ2n) is 5.54. The van der Waals surface area contributed by atoms with Crippen LogP contribution in [0.2, 0.25) is 0 Å². The Morgan fingerprint density at radius 3 is 2.48 bits per heavy atom. The van der Waals surface area contributed by atoms with E-state index in [0.717, 1.165) is 16.9 Å². The zero-order chi connectivity index (χ0) is 18.2. The molecule has 0 saturated heterocycles. The number of esters is 1. The Kier molecular flexibility index (Phi) is 6.34. The minimum absolute atomic E-state index is 0.378. The topological polar surface area (TPSA) is 64.6 Å². The summed E-state index contributed by atoms with van der Waals surface area (Å²) in [6.07, 6.45) is 2.01. The molecule has 2 aromatic rings. The Hall–Kier alpha value is -3.08. The van der Waals surface area contributed by atoms with Gasteiger partial charge in [-0.3, -0.25) is 4.79 Å². The summed E-state index contributed by atoms with van der Waals surface area (Å²) in [5.41, 5.74) is 2.53. The SMILES string of the molecule is COc1ccc(/C=C/C(=O)O[C@@H](C)C(=O)Nc2cccc(C)c2)cc1. The van der Waals surface area contributed by atoms with Crippen molar-refractivity contribution in [3.63, 3.8) is 0 Å². The number of hydrogen-bond donors (Lipinski definition) is 1. The molecule has 130 valence electrons. The predicted octanol–water partition coefficient (Wildman–Crippen LogP) is 3.59. The first-order chi connectivity index (χ1) is 12.0. The first-order valence-electron chi connectivity index (χ1n) is 7.88. The zero-order valence-electron chi connectivity index (χ0n) is 14.5. The highest BCUT2D eigenvalue weighted by Crippen LogP contribution is 2.13. The summed E-state index contributed by atoms with van der Waals surface area (Å²) >= 11 is 0. The van der Waals surface area contributed by atoms with Crippen molar-refractivity contribution in [3.05, 3.63) is 65.7 Å². The summed E-state index contributed by atoms with van der Waals surface area (Å²) in [5.74, 6) is -0.222. The number of benzene rings is 2. The number of ether oxygens (including phenoxy) is 2. The first-order valence-corrected chi connectivity index (χ1v) is 7.88. The van der Waals surface area contributed by atoms with Gasteiger partial charge in [0.15, 0.2) is 6.10 Å². The maximum Gasteiger partial charge on any atom is 0.331 e. The number of amides is 1. The number of nitrogens with one attached hydrogen (secondary N) is 1. The van der Waals surface area contributed by atoms with Crippen LogP contribution < -0.4 is 10.1 Å². The molecule has 1 N–H and O–H groups in total. The molecule has 0 spiro atoms. The van der Waals surface area contributed by atoms with Crippen molar-refractivity contribution in [2.45, 2.75) is 20.0 Å². The average Bonchev–Trinajstić information content (AvgIpc) is 2.60. The summed E-state index contributed by atoms with van der Waals surface area (Å²) in [4.78, 5) is 23.9. The quantitative estimate of drug-likeness (QED) is 0.645. The van der Waals surface area contributed by atoms with Crippen LogP contribution in [0.4, 0.5) is 5.69 Å². The van der Waals surface area contributed by atoms with Gasteiger partial charge in [0.05, 0.1) is 7.11 Å². The highest BCUT2D eigenvalue weighted by atomic mass is 16.5. The highest BCUT2D eigenvalue weighted by molar-refractivity contribution is 5.96. The van der Waals surface area contributed by atoms with Gasteiger partial charge in [0.25, 0.3) is 5.91 Å². The van der Waals surface area contributed by atoms with E-state index in [4.69, 9.17) is 9.47 Å². The normalized spacial score (nSPS) is 11.8. The van der Waals surface area contributed by atoms with E-state index in [0.29, 0.717) is 5.69 Å². The van der Waals surface area contributed by atoms with Gasteiger partial charge in [0.1, 0.15) is 5.75 Å². The lowest BCUT2D eigenvalue weighted by Gasteiger charge is -2.12. The number of hydrogen-bond acceptors (Lipinski definition) is 4. The fraction of sp³-hybridized carbons (Fsp3) is 0.200.